The normalized spacial score (nSPS) is 14.4. The van der Waals surface area contributed by atoms with Crippen molar-refractivity contribution >= 4 is 11.3 Å². The van der Waals surface area contributed by atoms with E-state index in [0.29, 0.717) is 6.54 Å². The van der Waals surface area contributed by atoms with Crippen molar-refractivity contribution in [3.05, 3.63) is 28.2 Å². The van der Waals surface area contributed by atoms with E-state index in [1.165, 1.54) is 28.4 Å². The highest BCUT2D eigenvalue weighted by atomic mass is 32.1. The third-order valence-corrected chi connectivity index (χ3v) is 3.94. The van der Waals surface area contributed by atoms with Gasteiger partial charge in [0.2, 0.25) is 0 Å². The minimum absolute atomic E-state index is 0.193. The Bertz CT molecular complexity index is 340. The van der Waals surface area contributed by atoms with Crippen LogP contribution in [-0.4, -0.2) is 34.7 Å². The summed E-state index contributed by atoms with van der Waals surface area (Å²) in [5, 5.41) is 10.1. The monoisotopic (exact) mass is 238 g/mol. The lowest BCUT2D eigenvalue weighted by Gasteiger charge is -2.17. The second-order valence-electron chi connectivity index (χ2n) is 4.08. The van der Waals surface area contributed by atoms with E-state index in [4.69, 9.17) is 5.11 Å². The van der Waals surface area contributed by atoms with E-state index in [1.54, 1.807) is 0 Å². The zero-order chi connectivity index (χ0) is 11.4. The molecule has 3 nitrogen and oxygen atoms in total. The van der Waals surface area contributed by atoms with Gasteiger partial charge in [-0.1, -0.05) is 6.08 Å². The van der Waals surface area contributed by atoms with Crippen molar-refractivity contribution in [1.29, 1.82) is 0 Å². The molecule has 0 aromatic carbocycles. The smallest absolute Gasteiger partial charge is 0.107 e. The maximum absolute atomic E-state index is 8.97. The Kier molecular flexibility index (Phi) is 4.09. The van der Waals surface area contributed by atoms with Crippen LogP contribution in [0.3, 0.4) is 0 Å². The molecule has 1 aliphatic rings. The van der Waals surface area contributed by atoms with Crippen LogP contribution in [0.15, 0.2) is 12.7 Å². The van der Waals surface area contributed by atoms with Crippen molar-refractivity contribution in [2.24, 2.45) is 0 Å². The van der Waals surface area contributed by atoms with E-state index >= 15 is 0 Å². The molecule has 0 bridgehead atoms. The molecule has 1 aromatic heterocycles. The summed E-state index contributed by atoms with van der Waals surface area (Å²) in [6.07, 6.45) is 5.49. The minimum Gasteiger partial charge on any atom is -0.395 e. The number of thiazole rings is 1. The van der Waals surface area contributed by atoms with E-state index in [0.717, 1.165) is 19.5 Å². The van der Waals surface area contributed by atoms with Gasteiger partial charge in [-0.05, 0) is 19.3 Å². The largest absolute Gasteiger partial charge is 0.395 e. The summed E-state index contributed by atoms with van der Waals surface area (Å²) in [6.45, 7) is 6.27. The third kappa shape index (κ3) is 2.70. The Morgan fingerprint density at radius 3 is 3.06 bits per heavy atom. The molecule has 4 heteroatoms. The van der Waals surface area contributed by atoms with Gasteiger partial charge in [-0.3, -0.25) is 4.90 Å². The molecule has 0 saturated carbocycles. The molecule has 0 fully saturated rings. The van der Waals surface area contributed by atoms with Gasteiger partial charge in [-0.15, -0.1) is 17.9 Å². The van der Waals surface area contributed by atoms with Crippen molar-refractivity contribution in [3.63, 3.8) is 0 Å². The lowest BCUT2D eigenvalue weighted by molar-refractivity contribution is 0.203. The molecule has 88 valence electrons. The summed E-state index contributed by atoms with van der Waals surface area (Å²) < 4.78 is 0. The SMILES string of the molecule is C=CCN(CCO)Cc1nc2c(s1)CCC2. The van der Waals surface area contributed by atoms with Gasteiger partial charge in [0, 0.05) is 18.0 Å². The van der Waals surface area contributed by atoms with Crippen molar-refractivity contribution in [3.8, 4) is 0 Å². The predicted octanol–water partition coefficient (Wildman–Crippen LogP) is 1.61. The van der Waals surface area contributed by atoms with Gasteiger partial charge in [0.1, 0.15) is 5.01 Å². The molecule has 0 atom stereocenters. The number of aliphatic hydroxyl groups excluding tert-OH is 1. The Morgan fingerprint density at radius 1 is 1.50 bits per heavy atom. The first kappa shape index (κ1) is 11.8. The van der Waals surface area contributed by atoms with Gasteiger partial charge in [0.15, 0.2) is 0 Å². The first-order chi connectivity index (χ1) is 7.83. The zero-order valence-electron chi connectivity index (χ0n) is 9.48. The number of rotatable bonds is 6. The lowest BCUT2D eigenvalue weighted by atomic mass is 10.4. The molecule has 1 aliphatic carbocycles. The summed E-state index contributed by atoms with van der Waals surface area (Å²) in [5.74, 6) is 0. The molecule has 0 saturated heterocycles. The number of hydrogen-bond donors (Lipinski definition) is 1. The van der Waals surface area contributed by atoms with Gasteiger partial charge in [-0.25, -0.2) is 4.98 Å². The van der Waals surface area contributed by atoms with Crippen molar-refractivity contribution < 1.29 is 5.11 Å². The molecule has 1 aromatic rings. The topological polar surface area (TPSA) is 36.4 Å². The van der Waals surface area contributed by atoms with Crippen LogP contribution in [0, 0.1) is 0 Å². The Balaban J connectivity index is 1.97. The number of aryl methyl sites for hydroxylation is 2. The number of aromatic nitrogens is 1. The molecular weight excluding hydrogens is 220 g/mol. The number of nitrogens with zero attached hydrogens (tertiary/aromatic N) is 2. The second kappa shape index (κ2) is 5.57. The molecule has 0 radical (unpaired) electrons. The van der Waals surface area contributed by atoms with E-state index < -0.39 is 0 Å². The second-order valence-corrected chi connectivity index (χ2v) is 5.25. The highest BCUT2D eigenvalue weighted by molar-refractivity contribution is 7.11. The fourth-order valence-electron chi connectivity index (χ4n) is 2.06. The van der Waals surface area contributed by atoms with Crippen molar-refractivity contribution in [2.75, 3.05) is 19.7 Å². The molecule has 1 heterocycles. The minimum atomic E-state index is 0.193. The van der Waals surface area contributed by atoms with Crippen LogP contribution in [0.25, 0.3) is 0 Å². The standard InChI is InChI=1S/C12H18N2OS/c1-2-6-14(7-8-15)9-12-13-10-4-3-5-11(10)16-12/h2,15H,1,3-9H2. The molecule has 2 rings (SSSR count). The van der Waals surface area contributed by atoms with Gasteiger partial charge < -0.3 is 5.11 Å². The summed E-state index contributed by atoms with van der Waals surface area (Å²) in [4.78, 5) is 8.29. The molecule has 0 spiro atoms. The van der Waals surface area contributed by atoms with Crippen LogP contribution in [-0.2, 0) is 19.4 Å². The molecule has 1 N–H and O–H groups in total. The quantitative estimate of drug-likeness (QED) is 0.765. The Morgan fingerprint density at radius 2 is 2.38 bits per heavy atom. The third-order valence-electron chi connectivity index (χ3n) is 2.80. The predicted molar refractivity (Wildman–Crippen MR) is 66.7 cm³/mol. The first-order valence-corrected chi connectivity index (χ1v) is 6.56. The fourth-order valence-corrected chi connectivity index (χ4v) is 3.26. The summed E-state index contributed by atoms with van der Waals surface area (Å²) in [5.41, 5.74) is 1.31. The first-order valence-electron chi connectivity index (χ1n) is 5.75. The van der Waals surface area contributed by atoms with Crippen LogP contribution in [0.4, 0.5) is 0 Å². The van der Waals surface area contributed by atoms with Crippen LogP contribution in [0.2, 0.25) is 0 Å². The zero-order valence-corrected chi connectivity index (χ0v) is 10.3. The maximum Gasteiger partial charge on any atom is 0.107 e. The van der Waals surface area contributed by atoms with Crippen LogP contribution in [0.1, 0.15) is 22.0 Å². The molecule has 0 unspecified atom stereocenters. The van der Waals surface area contributed by atoms with Crippen molar-refractivity contribution in [1.82, 2.24) is 9.88 Å². The Labute approximate surface area is 100 Å². The summed E-state index contributed by atoms with van der Waals surface area (Å²) in [6, 6.07) is 0. The van der Waals surface area contributed by atoms with E-state index in [1.807, 2.05) is 17.4 Å². The molecular formula is C12H18N2OS. The van der Waals surface area contributed by atoms with Crippen molar-refractivity contribution in [2.45, 2.75) is 25.8 Å². The molecule has 16 heavy (non-hydrogen) atoms. The van der Waals surface area contributed by atoms with Crippen LogP contribution in [0.5, 0.6) is 0 Å². The number of hydrogen-bond acceptors (Lipinski definition) is 4. The van der Waals surface area contributed by atoms with Crippen LogP contribution >= 0.6 is 11.3 Å². The fraction of sp³-hybridized carbons (Fsp3) is 0.583. The summed E-state index contributed by atoms with van der Waals surface area (Å²) >= 11 is 1.83. The van der Waals surface area contributed by atoms with E-state index in [2.05, 4.69) is 16.5 Å². The average molecular weight is 238 g/mol. The van der Waals surface area contributed by atoms with Gasteiger partial charge in [0.05, 0.1) is 18.8 Å². The van der Waals surface area contributed by atoms with E-state index in [9.17, 15) is 0 Å². The number of fused-ring (bicyclic) bond motifs is 1. The van der Waals surface area contributed by atoms with Gasteiger partial charge in [0.25, 0.3) is 0 Å². The van der Waals surface area contributed by atoms with Crippen LogP contribution < -0.4 is 0 Å². The maximum atomic E-state index is 8.97. The number of aliphatic hydroxyl groups is 1. The molecule has 0 amide bonds. The Hall–Kier alpha value is -0.710. The van der Waals surface area contributed by atoms with Gasteiger partial charge >= 0.3 is 0 Å². The molecule has 0 aliphatic heterocycles. The lowest BCUT2D eigenvalue weighted by Crippen LogP contribution is -2.26. The summed E-state index contributed by atoms with van der Waals surface area (Å²) in [7, 11) is 0. The average Bonchev–Trinajstić information content (AvgIpc) is 2.78. The van der Waals surface area contributed by atoms with E-state index in [-0.39, 0.29) is 6.61 Å². The van der Waals surface area contributed by atoms with Gasteiger partial charge in [-0.2, -0.15) is 0 Å². The highest BCUT2D eigenvalue weighted by Crippen LogP contribution is 2.28. The highest BCUT2D eigenvalue weighted by Gasteiger charge is 2.17.